The maximum atomic E-state index is 15.1. The van der Waals surface area contributed by atoms with Gasteiger partial charge in [-0.2, -0.15) is 0 Å². The molecular formula is C23H21F2N3. The Bertz CT molecular complexity index is 1040. The van der Waals surface area contributed by atoms with Gasteiger partial charge in [-0.1, -0.05) is 31.4 Å². The maximum absolute atomic E-state index is 15.1. The minimum absolute atomic E-state index is 0.295. The van der Waals surface area contributed by atoms with Crippen LogP contribution in [0.4, 0.5) is 8.78 Å². The zero-order valence-corrected chi connectivity index (χ0v) is 15.5. The molecule has 28 heavy (non-hydrogen) atoms. The van der Waals surface area contributed by atoms with E-state index in [1.165, 1.54) is 37.6 Å². The fourth-order valence-electron chi connectivity index (χ4n) is 4.48. The molecule has 2 heterocycles. The molecule has 2 aliphatic rings. The van der Waals surface area contributed by atoms with Crippen LogP contribution in [0.1, 0.15) is 49.4 Å². The topological polar surface area (TPSA) is 30.7 Å². The van der Waals surface area contributed by atoms with Gasteiger partial charge in [0.15, 0.2) is 5.82 Å². The molecule has 0 saturated heterocycles. The molecule has 0 spiro atoms. The minimum Gasteiger partial charge on any atom is -0.327 e. The highest BCUT2D eigenvalue weighted by molar-refractivity contribution is 5.85. The van der Waals surface area contributed by atoms with Crippen LogP contribution in [0.5, 0.6) is 0 Å². The fourth-order valence-corrected chi connectivity index (χ4v) is 4.48. The lowest BCUT2D eigenvalue weighted by Crippen LogP contribution is -2.14. The first kappa shape index (κ1) is 17.3. The van der Waals surface area contributed by atoms with Crippen molar-refractivity contribution in [2.24, 2.45) is 0 Å². The van der Waals surface area contributed by atoms with Gasteiger partial charge in [-0.3, -0.25) is 4.98 Å². The third kappa shape index (κ3) is 2.86. The van der Waals surface area contributed by atoms with Crippen LogP contribution in [0.15, 0.2) is 42.9 Å². The summed E-state index contributed by atoms with van der Waals surface area (Å²) in [6, 6.07) is 6.57. The van der Waals surface area contributed by atoms with Crippen molar-refractivity contribution in [2.75, 3.05) is 0 Å². The molecule has 0 unspecified atom stereocenters. The highest BCUT2D eigenvalue weighted by Crippen LogP contribution is 2.41. The van der Waals surface area contributed by atoms with Crippen LogP contribution < -0.4 is 0 Å². The summed E-state index contributed by atoms with van der Waals surface area (Å²) in [6.07, 6.45) is 13.5. The number of benzene rings is 1. The summed E-state index contributed by atoms with van der Waals surface area (Å²) in [6.45, 7) is 0. The van der Waals surface area contributed by atoms with Crippen molar-refractivity contribution in [1.82, 2.24) is 14.5 Å². The first-order valence-corrected chi connectivity index (χ1v) is 9.89. The van der Waals surface area contributed by atoms with E-state index in [1.54, 1.807) is 12.1 Å². The van der Waals surface area contributed by atoms with Crippen LogP contribution in [0.2, 0.25) is 0 Å². The minimum atomic E-state index is -0.341. The van der Waals surface area contributed by atoms with Gasteiger partial charge in [-0.25, -0.2) is 13.8 Å². The Morgan fingerprint density at radius 3 is 2.54 bits per heavy atom. The summed E-state index contributed by atoms with van der Waals surface area (Å²) in [5, 5.41) is 0. The van der Waals surface area contributed by atoms with E-state index < -0.39 is 0 Å². The lowest BCUT2D eigenvalue weighted by atomic mass is 9.93. The van der Waals surface area contributed by atoms with E-state index in [0.717, 1.165) is 35.4 Å². The van der Waals surface area contributed by atoms with Crippen molar-refractivity contribution >= 4 is 6.08 Å². The van der Waals surface area contributed by atoms with Crippen LogP contribution >= 0.6 is 0 Å². The summed E-state index contributed by atoms with van der Waals surface area (Å²) in [5.74, 6) is -0.637. The highest BCUT2D eigenvalue weighted by atomic mass is 19.1. The average Bonchev–Trinajstić information content (AvgIpc) is 3.36. The van der Waals surface area contributed by atoms with Gasteiger partial charge in [-0.15, -0.1) is 0 Å². The molecule has 1 fully saturated rings. The second-order valence-electron chi connectivity index (χ2n) is 7.60. The number of imidazole rings is 1. The highest BCUT2D eigenvalue weighted by Gasteiger charge is 2.27. The summed E-state index contributed by atoms with van der Waals surface area (Å²) in [5.41, 5.74) is 4.54. The Morgan fingerprint density at radius 2 is 1.75 bits per heavy atom. The number of nitrogens with zero attached hydrogens (tertiary/aromatic N) is 3. The van der Waals surface area contributed by atoms with Crippen LogP contribution in [0.25, 0.3) is 28.6 Å². The molecule has 0 N–H and O–H groups in total. The predicted molar refractivity (Wildman–Crippen MR) is 106 cm³/mol. The van der Waals surface area contributed by atoms with Crippen molar-refractivity contribution in [3.63, 3.8) is 0 Å². The zero-order valence-electron chi connectivity index (χ0n) is 15.5. The van der Waals surface area contributed by atoms with E-state index in [9.17, 15) is 4.39 Å². The lowest BCUT2D eigenvalue weighted by Gasteiger charge is -2.26. The van der Waals surface area contributed by atoms with Gasteiger partial charge in [0.1, 0.15) is 5.82 Å². The smallest absolute Gasteiger partial charge is 0.151 e. The van der Waals surface area contributed by atoms with Gasteiger partial charge in [0.2, 0.25) is 0 Å². The standard InChI is InChI=1S/C23H21F2N3/c24-16-11-9-15(10-12-16)22-23(28(14-27-22)17-5-2-1-3-6-17)21-18-7-4-8-20(18)26-13-19(21)25/h4,7,9-14,17H,1-3,5-6,8H2. The van der Waals surface area contributed by atoms with Gasteiger partial charge in [0.05, 0.1) is 29.6 Å². The molecule has 2 aliphatic carbocycles. The van der Waals surface area contributed by atoms with Crippen molar-refractivity contribution in [1.29, 1.82) is 0 Å². The van der Waals surface area contributed by atoms with Crippen molar-refractivity contribution < 1.29 is 8.78 Å². The van der Waals surface area contributed by atoms with Crippen LogP contribution in [0, 0.1) is 11.6 Å². The predicted octanol–water partition coefficient (Wildman–Crippen LogP) is 5.96. The molecule has 1 saturated carbocycles. The van der Waals surface area contributed by atoms with E-state index >= 15 is 4.39 Å². The van der Waals surface area contributed by atoms with E-state index in [2.05, 4.69) is 14.5 Å². The molecular weight excluding hydrogens is 356 g/mol. The van der Waals surface area contributed by atoms with Gasteiger partial charge < -0.3 is 4.57 Å². The molecule has 0 aliphatic heterocycles. The summed E-state index contributed by atoms with van der Waals surface area (Å²) in [4.78, 5) is 8.93. The van der Waals surface area contributed by atoms with Gasteiger partial charge in [-0.05, 0) is 37.1 Å². The molecule has 5 rings (SSSR count). The Morgan fingerprint density at radius 1 is 0.964 bits per heavy atom. The summed E-state index contributed by atoms with van der Waals surface area (Å²) < 4.78 is 30.7. The third-order valence-corrected chi connectivity index (χ3v) is 5.86. The van der Waals surface area contributed by atoms with Gasteiger partial charge >= 0.3 is 0 Å². The number of fused-ring (bicyclic) bond motifs is 1. The van der Waals surface area contributed by atoms with E-state index in [0.29, 0.717) is 23.7 Å². The van der Waals surface area contributed by atoms with Gasteiger partial charge in [0.25, 0.3) is 0 Å². The Balaban J connectivity index is 1.75. The number of allylic oxidation sites excluding steroid dienone is 1. The summed E-state index contributed by atoms with van der Waals surface area (Å²) >= 11 is 0. The monoisotopic (exact) mass is 377 g/mol. The van der Waals surface area contributed by atoms with Crippen LogP contribution in [-0.2, 0) is 6.42 Å². The largest absolute Gasteiger partial charge is 0.327 e. The zero-order chi connectivity index (χ0) is 19.1. The summed E-state index contributed by atoms with van der Waals surface area (Å²) in [7, 11) is 0. The number of pyridine rings is 1. The molecule has 3 aromatic rings. The quantitative estimate of drug-likeness (QED) is 0.563. The van der Waals surface area contributed by atoms with Crippen molar-refractivity contribution in [3.8, 4) is 22.5 Å². The van der Waals surface area contributed by atoms with Crippen LogP contribution in [-0.4, -0.2) is 14.5 Å². The van der Waals surface area contributed by atoms with E-state index in [1.807, 2.05) is 18.5 Å². The first-order valence-electron chi connectivity index (χ1n) is 9.89. The first-order chi connectivity index (χ1) is 13.7. The van der Waals surface area contributed by atoms with E-state index in [4.69, 9.17) is 0 Å². The molecule has 3 nitrogen and oxygen atoms in total. The Kier molecular flexibility index (Phi) is 4.30. The molecule has 142 valence electrons. The molecule has 5 heteroatoms. The number of hydrogen-bond donors (Lipinski definition) is 0. The number of hydrogen-bond acceptors (Lipinski definition) is 2. The second-order valence-corrected chi connectivity index (χ2v) is 7.60. The third-order valence-electron chi connectivity index (χ3n) is 5.86. The molecule has 0 amide bonds. The fraction of sp³-hybridized carbons (Fsp3) is 0.304. The lowest BCUT2D eigenvalue weighted by molar-refractivity contribution is 0.355. The molecule has 0 radical (unpaired) electrons. The molecule has 2 aromatic heterocycles. The van der Waals surface area contributed by atoms with Gasteiger partial charge in [0, 0.05) is 29.2 Å². The maximum Gasteiger partial charge on any atom is 0.151 e. The Hall–Kier alpha value is -2.82. The van der Waals surface area contributed by atoms with Crippen molar-refractivity contribution in [3.05, 3.63) is 65.8 Å². The number of rotatable bonds is 3. The van der Waals surface area contributed by atoms with E-state index in [-0.39, 0.29) is 11.6 Å². The SMILES string of the molecule is Fc1ccc(-c2ncn(C3CCCCC3)c2-c2c(F)cnc3c2C=CC3)cc1. The molecule has 0 bridgehead atoms. The molecule has 0 atom stereocenters. The van der Waals surface area contributed by atoms with Crippen molar-refractivity contribution in [2.45, 2.75) is 44.6 Å². The second kappa shape index (κ2) is 6.97. The van der Waals surface area contributed by atoms with Crippen LogP contribution in [0.3, 0.4) is 0 Å². The average molecular weight is 377 g/mol. The molecule has 1 aromatic carbocycles. The Labute approximate surface area is 162 Å². The number of aromatic nitrogens is 3. The number of halogens is 2. The normalized spacial score (nSPS) is 16.5.